The van der Waals surface area contributed by atoms with Crippen molar-refractivity contribution in [2.24, 2.45) is 0 Å². The third-order valence-electron chi connectivity index (χ3n) is 6.65. The first-order valence-electron chi connectivity index (χ1n) is 11.9. The predicted octanol–water partition coefficient (Wildman–Crippen LogP) is 0.587. The van der Waals surface area contributed by atoms with Gasteiger partial charge in [-0.05, 0) is 50.9 Å². The molecule has 4 atom stereocenters. The number of aliphatic hydroxyl groups excluding tert-OH is 1. The second-order valence-electron chi connectivity index (χ2n) is 9.12. The van der Waals surface area contributed by atoms with Gasteiger partial charge in [-0.3, -0.25) is 4.79 Å². The molecule has 1 amide bonds. The molecule has 0 unspecified atom stereocenters. The van der Waals surface area contributed by atoms with Gasteiger partial charge in [0.15, 0.2) is 0 Å². The molecule has 3 heterocycles. The number of β-amino-alcohol motifs (C(OH)–C–C–N with tert-alkyl or cyclic N) is 1. The van der Waals surface area contributed by atoms with Crippen LogP contribution in [0.1, 0.15) is 32.1 Å². The first kappa shape index (κ1) is 24.6. The highest BCUT2D eigenvalue weighted by molar-refractivity contribution is 7.89. The minimum Gasteiger partial charge on any atom is -0.389 e. The maximum Gasteiger partial charge on any atom is 0.243 e. The maximum absolute atomic E-state index is 13.4. The molecule has 0 bridgehead atoms. The smallest absolute Gasteiger partial charge is 0.243 e. The molecular weight excluding hydrogens is 446 g/mol. The molecule has 9 nitrogen and oxygen atoms in total. The van der Waals surface area contributed by atoms with E-state index in [2.05, 4.69) is 10.2 Å². The van der Waals surface area contributed by atoms with Gasteiger partial charge >= 0.3 is 0 Å². The third kappa shape index (κ3) is 6.32. The number of likely N-dealkylation sites (tertiary alicyclic amines) is 1. The molecule has 3 fully saturated rings. The Bertz CT molecular complexity index is 877. The Morgan fingerprint density at radius 3 is 2.64 bits per heavy atom. The SMILES string of the molecule is O=C(C[C@@H]1CC[C@@H]2[C@H](COC[C@@H](O)CN2S(=O)(=O)c2ccccc2)O1)NCCN1CCCC1. The van der Waals surface area contributed by atoms with Crippen LogP contribution in [0, 0.1) is 0 Å². The molecule has 2 N–H and O–H groups in total. The van der Waals surface area contributed by atoms with E-state index in [1.165, 1.54) is 17.1 Å². The number of nitrogens with one attached hydrogen (secondary N) is 1. The van der Waals surface area contributed by atoms with Crippen molar-refractivity contribution in [3.8, 4) is 0 Å². The van der Waals surface area contributed by atoms with Crippen LogP contribution in [0.25, 0.3) is 0 Å². The molecule has 3 aliphatic rings. The number of fused-ring (bicyclic) bond motifs is 1. The first-order valence-corrected chi connectivity index (χ1v) is 13.3. The summed E-state index contributed by atoms with van der Waals surface area (Å²) < 4.78 is 39.9. The summed E-state index contributed by atoms with van der Waals surface area (Å²) in [7, 11) is -3.81. The number of amides is 1. The van der Waals surface area contributed by atoms with E-state index in [-0.39, 0.29) is 43.1 Å². The zero-order chi connectivity index (χ0) is 23.3. The Hall–Kier alpha value is -1.56. The van der Waals surface area contributed by atoms with Crippen molar-refractivity contribution in [3.63, 3.8) is 0 Å². The normalized spacial score (nSPS) is 29.7. The molecule has 184 valence electrons. The predicted molar refractivity (Wildman–Crippen MR) is 122 cm³/mol. The molecule has 0 saturated carbocycles. The number of hydrogen-bond acceptors (Lipinski definition) is 7. The van der Waals surface area contributed by atoms with Gasteiger partial charge in [-0.15, -0.1) is 0 Å². The number of carbonyl (C=O) groups excluding carboxylic acids is 1. The quantitative estimate of drug-likeness (QED) is 0.587. The van der Waals surface area contributed by atoms with Gasteiger partial charge in [-0.1, -0.05) is 18.2 Å². The van der Waals surface area contributed by atoms with Crippen LogP contribution in [0.15, 0.2) is 35.2 Å². The highest BCUT2D eigenvalue weighted by Gasteiger charge is 2.43. The fraction of sp³-hybridized carbons (Fsp3) is 0.696. The van der Waals surface area contributed by atoms with E-state index in [0.717, 1.165) is 19.6 Å². The van der Waals surface area contributed by atoms with Crippen molar-refractivity contribution in [2.45, 2.75) is 61.4 Å². The summed E-state index contributed by atoms with van der Waals surface area (Å²) in [6, 6.07) is 7.80. The number of nitrogens with zero attached hydrogens (tertiary/aromatic N) is 2. The molecule has 0 spiro atoms. The molecule has 0 aliphatic carbocycles. The van der Waals surface area contributed by atoms with Gasteiger partial charge in [0.05, 0.1) is 48.9 Å². The Morgan fingerprint density at radius 2 is 1.88 bits per heavy atom. The average Bonchev–Trinajstić information content (AvgIpc) is 3.31. The standard InChI is InChI=1S/C23H35N3O6S/c27-18-15-26(33(29,30)20-6-2-1-3-7-20)21-9-8-19(32-22(21)17-31-16-18)14-23(28)24-10-13-25-11-4-5-12-25/h1-3,6-7,18-19,21-22,27H,4-5,8-17H2,(H,24,28)/t18-,19-,21+,22-/m0/s1. The van der Waals surface area contributed by atoms with Crippen LogP contribution in [0.5, 0.6) is 0 Å². The van der Waals surface area contributed by atoms with E-state index >= 15 is 0 Å². The summed E-state index contributed by atoms with van der Waals surface area (Å²) in [4.78, 5) is 15.0. The second-order valence-corrected chi connectivity index (χ2v) is 11.0. The van der Waals surface area contributed by atoms with Crippen LogP contribution in [-0.4, -0.2) is 98.9 Å². The lowest BCUT2D eigenvalue weighted by molar-refractivity contribution is -0.146. The van der Waals surface area contributed by atoms with Gasteiger partial charge in [0, 0.05) is 19.6 Å². The maximum atomic E-state index is 13.4. The zero-order valence-electron chi connectivity index (χ0n) is 19.0. The van der Waals surface area contributed by atoms with E-state index in [1.807, 2.05) is 0 Å². The van der Waals surface area contributed by atoms with Crippen molar-refractivity contribution in [3.05, 3.63) is 30.3 Å². The summed E-state index contributed by atoms with van der Waals surface area (Å²) in [6.07, 6.45) is 2.11. The number of ether oxygens (including phenoxy) is 2. The lowest BCUT2D eigenvalue weighted by Crippen LogP contribution is -2.57. The van der Waals surface area contributed by atoms with Crippen LogP contribution < -0.4 is 5.32 Å². The van der Waals surface area contributed by atoms with Crippen LogP contribution in [0.4, 0.5) is 0 Å². The van der Waals surface area contributed by atoms with Gasteiger partial charge in [0.2, 0.25) is 15.9 Å². The van der Waals surface area contributed by atoms with Gasteiger partial charge < -0.3 is 24.8 Å². The minimum absolute atomic E-state index is 0.0367. The van der Waals surface area contributed by atoms with Crippen LogP contribution in [-0.2, 0) is 24.3 Å². The number of hydrogen-bond donors (Lipinski definition) is 2. The van der Waals surface area contributed by atoms with E-state index in [9.17, 15) is 18.3 Å². The first-order chi connectivity index (χ1) is 15.9. The van der Waals surface area contributed by atoms with Crippen molar-refractivity contribution >= 4 is 15.9 Å². The van der Waals surface area contributed by atoms with Crippen molar-refractivity contribution in [2.75, 3.05) is 45.9 Å². The van der Waals surface area contributed by atoms with Gasteiger partial charge in [0.25, 0.3) is 0 Å². The Morgan fingerprint density at radius 1 is 1.12 bits per heavy atom. The number of carbonyl (C=O) groups is 1. The Kier molecular flexibility index (Phi) is 8.37. The van der Waals surface area contributed by atoms with Crippen LogP contribution in [0.2, 0.25) is 0 Å². The van der Waals surface area contributed by atoms with Crippen LogP contribution in [0.3, 0.4) is 0 Å². The average molecular weight is 482 g/mol. The Labute approximate surface area is 196 Å². The molecule has 3 saturated heterocycles. The van der Waals surface area contributed by atoms with E-state index in [4.69, 9.17) is 9.47 Å². The summed E-state index contributed by atoms with van der Waals surface area (Å²) in [6.45, 7) is 3.85. The number of aliphatic hydroxyl groups is 1. The molecule has 1 aromatic rings. The highest BCUT2D eigenvalue weighted by Crippen LogP contribution is 2.31. The van der Waals surface area contributed by atoms with Crippen molar-refractivity contribution < 1.29 is 27.8 Å². The van der Waals surface area contributed by atoms with E-state index < -0.39 is 28.3 Å². The monoisotopic (exact) mass is 481 g/mol. The fourth-order valence-corrected chi connectivity index (χ4v) is 6.68. The summed E-state index contributed by atoms with van der Waals surface area (Å²) in [5.74, 6) is -0.0476. The fourth-order valence-electron chi connectivity index (χ4n) is 4.94. The van der Waals surface area contributed by atoms with Gasteiger partial charge in [-0.2, -0.15) is 4.31 Å². The van der Waals surface area contributed by atoms with Crippen molar-refractivity contribution in [1.29, 1.82) is 0 Å². The van der Waals surface area contributed by atoms with Gasteiger partial charge in [-0.25, -0.2) is 8.42 Å². The molecule has 3 aliphatic heterocycles. The highest BCUT2D eigenvalue weighted by atomic mass is 32.2. The molecular formula is C23H35N3O6S. The third-order valence-corrected chi connectivity index (χ3v) is 8.55. The Balaban J connectivity index is 1.37. The summed E-state index contributed by atoms with van der Waals surface area (Å²) >= 11 is 0. The van der Waals surface area contributed by atoms with E-state index in [1.54, 1.807) is 30.3 Å². The molecule has 4 rings (SSSR count). The number of benzene rings is 1. The zero-order valence-corrected chi connectivity index (χ0v) is 19.8. The number of rotatable bonds is 7. The molecule has 0 radical (unpaired) electrons. The van der Waals surface area contributed by atoms with Gasteiger partial charge in [0.1, 0.15) is 0 Å². The summed E-state index contributed by atoms with van der Waals surface area (Å²) in [5.41, 5.74) is 0. The van der Waals surface area contributed by atoms with Crippen molar-refractivity contribution in [1.82, 2.24) is 14.5 Å². The second kappa shape index (κ2) is 11.2. The molecule has 33 heavy (non-hydrogen) atoms. The minimum atomic E-state index is -3.81. The van der Waals surface area contributed by atoms with Crippen LogP contribution >= 0.6 is 0 Å². The molecule has 1 aromatic carbocycles. The van der Waals surface area contributed by atoms with E-state index in [0.29, 0.717) is 19.4 Å². The molecule has 0 aromatic heterocycles. The topological polar surface area (TPSA) is 108 Å². The number of sulfonamides is 1. The summed E-state index contributed by atoms with van der Waals surface area (Å²) in [5, 5.41) is 13.3. The largest absolute Gasteiger partial charge is 0.389 e. The lowest BCUT2D eigenvalue weighted by Gasteiger charge is -2.43. The lowest BCUT2D eigenvalue weighted by atomic mass is 9.96. The molecule has 10 heteroatoms.